The smallest absolute Gasteiger partial charge is 0.207 e. The molecular formula is C26H41N3. The van der Waals surface area contributed by atoms with E-state index in [1.54, 1.807) is 11.4 Å². The maximum atomic E-state index is 5.28. The van der Waals surface area contributed by atoms with Gasteiger partial charge in [-0.2, -0.15) is 0 Å². The average Bonchev–Trinajstić information content (AvgIpc) is 3.01. The number of imidazole rings is 1. The van der Waals surface area contributed by atoms with Crippen LogP contribution in [-0.4, -0.2) is 9.55 Å². The summed E-state index contributed by atoms with van der Waals surface area (Å²) >= 11 is 0. The third-order valence-electron chi connectivity index (χ3n) is 8.20. The van der Waals surface area contributed by atoms with E-state index in [2.05, 4.69) is 9.88 Å². The van der Waals surface area contributed by atoms with Crippen LogP contribution >= 0.6 is 0 Å². The Bertz CT molecular complexity index is 729. The van der Waals surface area contributed by atoms with E-state index in [1.165, 1.54) is 134 Å². The van der Waals surface area contributed by atoms with Crippen LogP contribution < -0.4 is 5.32 Å². The normalized spacial score (nSPS) is 29.0. The molecule has 160 valence electrons. The monoisotopic (exact) mass is 395 g/mol. The van der Waals surface area contributed by atoms with Crippen molar-refractivity contribution >= 4 is 5.95 Å². The van der Waals surface area contributed by atoms with Gasteiger partial charge in [-0.25, -0.2) is 4.98 Å². The zero-order chi connectivity index (χ0) is 19.5. The summed E-state index contributed by atoms with van der Waals surface area (Å²) < 4.78 is 2.77. The molecule has 0 bridgehead atoms. The number of aromatic nitrogens is 2. The second-order valence-corrected chi connectivity index (χ2v) is 10.2. The van der Waals surface area contributed by atoms with Crippen LogP contribution in [0.5, 0.6) is 0 Å². The van der Waals surface area contributed by atoms with Gasteiger partial charge in [0.2, 0.25) is 5.95 Å². The van der Waals surface area contributed by atoms with Crippen molar-refractivity contribution in [2.24, 2.45) is 5.92 Å². The number of anilines is 1. The van der Waals surface area contributed by atoms with Crippen LogP contribution in [0.3, 0.4) is 0 Å². The van der Waals surface area contributed by atoms with Gasteiger partial charge in [0.1, 0.15) is 0 Å². The van der Waals surface area contributed by atoms with Gasteiger partial charge in [0.05, 0.1) is 5.69 Å². The van der Waals surface area contributed by atoms with E-state index >= 15 is 0 Å². The minimum absolute atomic E-state index is 0.651. The minimum atomic E-state index is 0.651. The Morgan fingerprint density at radius 1 is 0.655 bits per heavy atom. The van der Waals surface area contributed by atoms with Crippen LogP contribution in [-0.2, 0) is 12.8 Å². The molecule has 3 heteroatoms. The van der Waals surface area contributed by atoms with Crippen LogP contribution in [0.15, 0.2) is 11.3 Å². The molecule has 1 N–H and O–H groups in total. The maximum Gasteiger partial charge on any atom is 0.207 e. The molecule has 2 unspecified atom stereocenters. The quantitative estimate of drug-likeness (QED) is 0.493. The first-order valence-electron chi connectivity index (χ1n) is 13.0. The molecule has 0 amide bonds. The van der Waals surface area contributed by atoms with Crippen molar-refractivity contribution in [3.8, 4) is 0 Å². The van der Waals surface area contributed by atoms with E-state index in [4.69, 9.17) is 4.98 Å². The Morgan fingerprint density at radius 3 is 2.17 bits per heavy atom. The van der Waals surface area contributed by atoms with Gasteiger partial charge in [-0.15, -0.1) is 0 Å². The zero-order valence-electron chi connectivity index (χ0n) is 18.5. The van der Waals surface area contributed by atoms with E-state index in [-0.39, 0.29) is 0 Å². The Balaban J connectivity index is 1.61. The molecule has 0 spiro atoms. The molecule has 1 aromatic heterocycles. The van der Waals surface area contributed by atoms with Gasteiger partial charge >= 0.3 is 0 Å². The number of nitrogens with zero attached hydrogens (tertiary/aromatic N) is 2. The van der Waals surface area contributed by atoms with Gasteiger partial charge in [0.25, 0.3) is 0 Å². The van der Waals surface area contributed by atoms with Crippen molar-refractivity contribution in [3.05, 3.63) is 22.7 Å². The molecule has 29 heavy (non-hydrogen) atoms. The summed E-state index contributed by atoms with van der Waals surface area (Å²) in [5, 5.41) is 3.97. The SMILES string of the molecule is C1CCCC2C3=C(CCCCCC3)Nc3nc4c(n3C2CCC1)CCCCCC4. The minimum Gasteiger partial charge on any atom is -0.329 e. The maximum absolute atomic E-state index is 5.28. The molecule has 2 heterocycles. The predicted octanol–water partition coefficient (Wildman–Crippen LogP) is 7.48. The van der Waals surface area contributed by atoms with Crippen LogP contribution in [0.2, 0.25) is 0 Å². The summed E-state index contributed by atoms with van der Waals surface area (Å²) in [7, 11) is 0. The first-order chi connectivity index (χ1) is 14.4. The van der Waals surface area contributed by atoms with Crippen molar-refractivity contribution in [3.63, 3.8) is 0 Å². The molecule has 0 radical (unpaired) electrons. The van der Waals surface area contributed by atoms with Crippen LogP contribution in [0, 0.1) is 5.92 Å². The van der Waals surface area contributed by atoms with Crippen LogP contribution in [0.25, 0.3) is 0 Å². The van der Waals surface area contributed by atoms with Gasteiger partial charge in [-0.3, -0.25) is 0 Å². The third kappa shape index (κ3) is 4.16. The standard InChI is InChI=1S/C26H41N3/c1-2-9-15-21-20-14-8-4-5-10-16-22(20)27-26-28-23-17-11-6-7-13-19-25(23)29(26)24(21)18-12-3-1/h21,24H,1-19H2,(H,27,28). The third-order valence-corrected chi connectivity index (χ3v) is 8.20. The van der Waals surface area contributed by atoms with Crippen LogP contribution in [0.4, 0.5) is 5.95 Å². The van der Waals surface area contributed by atoms with Gasteiger partial charge in [0, 0.05) is 23.4 Å². The molecular weight excluding hydrogens is 354 g/mol. The lowest BCUT2D eigenvalue weighted by atomic mass is 9.80. The largest absolute Gasteiger partial charge is 0.329 e. The van der Waals surface area contributed by atoms with E-state index in [1.807, 2.05) is 5.57 Å². The summed E-state index contributed by atoms with van der Waals surface area (Å²) in [5.74, 6) is 1.97. The molecule has 4 aliphatic rings. The molecule has 3 nitrogen and oxygen atoms in total. The summed E-state index contributed by atoms with van der Waals surface area (Å²) in [4.78, 5) is 5.28. The van der Waals surface area contributed by atoms with E-state index < -0.39 is 0 Å². The molecule has 1 aromatic rings. The lowest BCUT2D eigenvalue weighted by Gasteiger charge is -2.32. The van der Waals surface area contributed by atoms with E-state index in [0.29, 0.717) is 6.04 Å². The Kier molecular flexibility index (Phi) is 6.29. The predicted molar refractivity (Wildman–Crippen MR) is 121 cm³/mol. The van der Waals surface area contributed by atoms with Crippen LogP contribution in [0.1, 0.15) is 127 Å². The second kappa shape index (κ2) is 9.27. The Hall–Kier alpha value is -1.25. The van der Waals surface area contributed by atoms with Crippen molar-refractivity contribution in [1.82, 2.24) is 9.55 Å². The average molecular weight is 396 g/mol. The number of aryl methyl sites for hydroxylation is 1. The van der Waals surface area contributed by atoms with E-state index in [0.717, 1.165) is 5.92 Å². The molecule has 3 aliphatic carbocycles. The molecule has 1 aliphatic heterocycles. The van der Waals surface area contributed by atoms with Crippen molar-refractivity contribution in [1.29, 1.82) is 0 Å². The highest BCUT2D eigenvalue weighted by Crippen LogP contribution is 2.45. The number of hydrogen-bond donors (Lipinski definition) is 1. The number of allylic oxidation sites excluding steroid dienone is 2. The number of rotatable bonds is 0. The number of fused-ring (bicyclic) bond motifs is 6. The Morgan fingerprint density at radius 2 is 1.31 bits per heavy atom. The van der Waals surface area contributed by atoms with Crippen molar-refractivity contribution < 1.29 is 0 Å². The highest BCUT2D eigenvalue weighted by atomic mass is 15.2. The van der Waals surface area contributed by atoms with Crippen molar-refractivity contribution in [2.75, 3.05) is 5.32 Å². The fourth-order valence-corrected chi connectivity index (χ4v) is 6.69. The number of hydrogen-bond acceptors (Lipinski definition) is 2. The zero-order valence-corrected chi connectivity index (χ0v) is 18.5. The Labute approximate surface area is 177 Å². The number of nitrogens with one attached hydrogen (secondary N) is 1. The van der Waals surface area contributed by atoms with Gasteiger partial charge in [-0.05, 0) is 69.8 Å². The molecule has 0 aromatic carbocycles. The van der Waals surface area contributed by atoms with E-state index in [9.17, 15) is 0 Å². The topological polar surface area (TPSA) is 29.9 Å². The summed E-state index contributed by atoms with van der Waals surface area (Å²) in [6, 6.07) is 0.651. The first-order valence-corrected chi connectivity index (χ1v) is 13.0. The molecule has 2 atom stereocenters. The summed E-state index contributed by atoms with van der Waals surface area (Å²) in [6.07, 6.45) is 25.9. The van der Waals surface area contributed by atoms with Gasteiger partial charge in [-0.1, -0.05) is 57.8 Å². The second-order valence-electron chi connectivity index (χ2n) is 10.2. The highest BCUT2D eigenvalue weighted by Gasteiger charge is 2.35. The fraction of sp³-hybridized carbons (Fsp3) is 0.808. The fourth-order valence-electron chi connectivity index (χ4n) is 6.69. The summed E-state index contributed by atoms with van der Waals surface area (Å²) in [6.45, 7) is 0. The highest BCUT2D eigenvalue weighted by molar-refractivity contribution is 5.46. The lowest BCUT2D eigenvalue weighted by molar-refractivity contribution is 0.316. The summed E-state index contributed by atoms with van der Waals surface area (Å²) in [5.41, 5.74) is 6.43. The van der Waals surface area contributed by atoms with Gasteiger partial charge in [0.15, 0.2) is 0 Å². The molecule has 0 saturated heterocycles. The first kappa shape index (κ1) is 19.7. The molecule has 1 saturated carbocycles. The van der Waals surface area contributed by atoms with Crippen molar-refractivity contribution in [2.45, 2.75) is 128 Å². The molecule has 5 rings (SSSR count). The van der Waals surface area contributed by atoms with Gasteiger partial charge < -0.3 is 9.88 Å². The lowest BCUT2D eigenvalue weighted by Crippen LogP contribution is -2.23. The molecule has 1 fully saturated rings.